The Labute approximate surface area is 148 Å². The first kappa shape index (κ1) is 19.5. The molecule has 5 heteroatoms. The molecule has 1 saturated heterocycles. The van der Waals surface area contributed by atoms with Gasteiger partial charge in [-0.05, 0) is 51.1 Å². The number of ether oxygens (including phenoxy) is 1. The van der Waals surface area contributed by atoms with Crippen molar-refractivity contribution in [3.63, 3.8) is 0 Å². The van der Waals surface area contributed by atoms with Gasteiger partial charge in [-0.1, -0.05) is 20.8 Å². The van der Waals surface area contributed by atoms with E-state index in [-0.39, 0.29) is 5.41 Å². The second-order valence-electron chi connectivity index (χ2n) is 8.76. The molecule has 5 nitrogen and oxygen atoms in total. The second kappa shape index (κ2) is 8.52. The van der Waals surface area contributed by atoms with Crippen molar-refractivity contribution >= 4 is 5.96 Å². The highest BCUT2D eigenvalue weighted by molar-refractivity contribution is 5.79. The average Bonchev–Trinajstić information content (AvgIpc) is 3.34. The lowest BCUT2D eigenvalue weighted by Crippen LogP contribution is -2.49. The molecule has 1 aliphatic carbocycles. The van der Waals surface area contributed by atoms with Crippen molar-refractivity contribution in [1.29, 1.82) is 0 Å². The number of likely N-dealkylation sites (N-methyl/N-ethyl adjacent to an activating group) is 1. The summed E-state index contributed by atoms with van der Waals surface area (Å²) in [4.78, 5) is 6.74. The molecule has 3 unspecified atom stereocenters. The second-order valence-corrected chi connectivity index (χ2v) is 8.76. The van der Waals surface area contributed by atoms with Crippen LogP contribution >= 0.6 is 0 Å². The van der Waals surface area contributed by atoms with Gasteiger partial charge in [0.1, 0.15) is 0 Å². The monoisotopic (exact) mass is 338 g/mol. The highest BCUT2D eigenvalue weighted by atomic mass is 16.5. The van der Waals surface area contributed by atoms with Gasteiger partial charge in [0.2, 0.25) is 0 Å². The van der Waals surface area contributed by atoms with E-state index in [2.05, 4.69) is 55.4 Å². The maximum atomic E-state index is 6.08. The third kappa shape index (κ3) is 5.62. The Hall–Kier alpha value is -0.810. The molecule has 140 valence electrons. The Morgan fingerprint density at radius 1 is 1.21 bits per heavy atom. The number of hydrogen-bond acceptors (Lipinski definition) is 3. The van der Waals surface area contributed by atoms with Gasteiger partial charge in [0.15, 0.2) is 5.96 Å². The molecule has 0 spiro atoms. The molecule has 1 aliphatic heterocycles. The fourth-order valence-corrected chi connectivity index (χ4v) is 3.91. The van der Waals surface area contributed by atoms with Gasteiger partial charge in [-0.25, -0.2) is 0 Å². The molecule has 2 aliphatic rings. The van der Waals surface area contributed by atoms with Gasteiger partial charge in [-0.2, -0.15) is 0 Å². The zero-order chi connectivity index (χ0) is 17.7. The van der Waals surface area contributed by atoms with Crippen LogP contribution in [0.15, 0.2) is 4.99 Å². The number of rotatable bonds is 6. The first-order valence-electron chi connectivity index (χ1n) is 9.55. The topological polar surface area (TPSA) is 48.9 Å². The Bertz CT molecular complexity index is 410. The number of guanidine groups is 1. The van der Waals surface area contributed by atoms with E-state index in [9.17, 15) is 0 Å². The van der Waals surface area contributed by atoms with Crippen molar-refractivity contribution in [3.05, 3.63) is 0 Å². The van der Waals surface area contributed by atoms with Crippen molar-refractivity contribution in [3.8, 4) is 0 Å². The minimum atomic E-state index is 0.186. The molecule has 0 amide bonds. The van der Waals surface area contributed by atoms with Crippen LogP contribution in [0.5, 0.6) is 0 Å². The Kier molecular flexibility index (Phi) is 6.93. The number of hydrogen-bond donors (Lipinski definition) is 2. The van der Waals surface area contributed by atoms with Crippen LogP contribution < -0.4 is 10.6 Å². The summed E-state index contributed by atoms with van der Waals surface area (Å²) in [5.41, 5.74) is 0.186. The maximum Gasteiger partial charge on any atom is 0.191 e. The molecule has 1 saturated carbocycles. The van der Waals surface area contributed by atoms with Crippen LogP contribution in [0.4, 0.5) is 0 Å². The van der Waals surface area contributed by atoms with Gasteiger partial charge >= 0.3 is 0 Å². The van der Waals surface area contributed by atoms with Crippen LogP contribution in [0, 0.1) is 17.3 Å². The summed E-state index contributed by atoms with van der Waals surface area (Å²) < 4.78 is 6.08. The Balaban J connectivity index is 1.81. The summed E-state index contributed by atoms with van der Waals surface area (Å²) in [5.74, 6) is 2.31. The summed E-state index contributed by atoms with van der Waals surface area (Å²) in [5, 5.41) is 7.06. The lowest BCUT2D eigenvalue weighted by atomic mass is 9.78. The van der Waals surface area contributed by atoms with E-state index in [1.807, 2.05) is 7.05 Å². The van der Waals surface area contributed by atoms with E-state index in [1.165, 1.54) is 19.3 Å². The van der Waals surface area contributed by atoms with Crippen LogP contribution in [0.3, 0.4) is 0 Å². The van der Waals surface area contributed by atoms with E-state index in [0.717, 1.165) is 38.0 Å². The number of aliphatic imine (C=N–C) groups is 1. The maximum absolute atomic E-state index is 6.08. The Morgan fingerprint density at radius 3 is 2.46 bits per heavy atom. The third-order valence-electron chi connectivity index (χ3n) is 5.36. The van der Waals surface area contributed by atoms with E-state index in [0.29, 0.717) is 18.1 Å². The SMILES string of the molecule is CN=C(NCC1CCCOC1C(C)(C)C)NCC(C1CC1)N(C)C. The van der Waals surface area contributed by atoms with Crippen molar-refractivity contribution in [2.24, 2.45) is 22.2 Å². The quantitative estimate of drug-likeness (QED) is 0.576. The minimum absolute atomic E-state index is 0.186. The van der Waals surface area contributed by atoms with E-state index in [1.54, 1.807) is 0 Å². The molecule has 24 heavy (non-hydrogen) atoms. The third-order valence-corrected chi connectivity index (χ3v) is 5.36. The molecule has 2 fully saturated rings. The molecule has 2 rings (SSSR count). The molecule has 0 aromatic carbocycles. The summed E-state index contributed by atoms with van der Waals surface area (Å²) in [6.45, 7) is 9.62. The number of nitrogens with zero attached hydrogens (tertiary/aromatic N) is 2. The van der Waals surface area contributed by atoms with Crippen LogP contribution in [-0.4, -0.2) is 63.8 Å². The van der Waals surface area contributed by atoms with Gasteiger partial charge in [-0.15, -0.1) is 0 Å². The summed E-state index contributed by atoms with van der Waals surface area (Å²) in [6, 6.07) is 0.601. The van der Waals surface area contributed by atoms with Crippen molar-refractivity contribution in [2.75, 3.05) is 40.8 Å². The molecular formula is C19H38N4O. The minimum Gasteiger partial charge on any atom is -0.377 e. The summed E-state index contributed by atoms with van der Waals surface area (Å²) in [6.07, 6.45) is 5.44. The normalized spacial score (nSPS) is 27.2. The zero-order valence-corrected chi connectivity index (χ0v) is 16.6. The number of nitrogens with one attached hydrogen (secondary N) is 2. The highest BCUT2D eigenvalue weighted by Gasteiger charge is 2.35. The molecule has 1 heterocycles. The fourth-order valence-electron chi connectivity index (χ4n) is 3.91. The van der Waals surface area contributed by atoms with E-state index >= 15 is 0 Å². The molecule has 3 atom stereocenters. The van der Waals surface area contributed by atoms with Gasteiger partial charge in [0, 0.05) is 38.7 Å². The molecule has 2 N–H and O–H groups in total. The largest absolute Gasteiger partial charge is 0.377 e. The highest BCUT2D eigenvalue weighted by Crippen LogP contribution is 2.34. The van der Waals surface area contributed by atoms with E-state index < -0.39 is 0 Å². The first-order chi connectivity index (χ1) is 11.3. The molecule has 0 aromatic heterocycles. The van der Waals surface area contributed by atoms with Gasteiger partial charge < -0.3 is 20.3 Å². The average molecular weight is 339 g/mol. The standard InChI is InChI=1S/C19H38N4O/c1-19(2,3)17-15(8-7-11-24-17)12-21-18(20-4)22-13-16(23(5)6)14-9-10-14/h14-17H,7-13H2,1-6H3,(H2,20,21,22). The van der Waals surface area contributed by atoms with Crippen molar-refractivity contribution in [1.82, 2.24) is 15.5 Å². The predicted molar refractivity (Wildman–Crippen MR) is 101 cm³/mol. The van der Waals surface area contributed by atoms with Crippen molar-refractivity contribution < 1.29 is 4.74 Å². The van der Waals surface area contributed by atoms with Gasteiger partial charge in [-0.3, -0.25) is 4.99 Å². The molecular weight excluding hydrogens is 300 g/mol. The van der Waals surface area contributed by atoms with Crippen molar-refractivity contribution in [2.45, 2.75) is 58.6 Å². The smallest absolute Gasteiger partial charge is 0.191 e. The fraction of sp³-hybridized carbons (Fsp3) is 0.947. The molecule has 0 aromatic rings. The summed E-state index contributed by atoms with van der Waals surface area (Å²) in [7, 11) is 6.21. The van der Waals surface area contributed by atoms with Crippen LogP contribution in [0.25, 0.3) is 0 Å². The van der Waals surface area contributed by atoms with Gasteiger partial charge in [0.05, 0.1) is 6.10 Å². The van der Waals surface area contributed by atoms with Gasteiger partial charge in [0.25, 0.3) is 0 Å². The van der Waals surface area contributed by atoms with Crippen LogP contribution in [-0.2, 0) is 4.74 Å². The summed E-state index contributed by atoms with van der Waals surface area (Å²) >= 11 is 0. The molecule has 0 radical (unpaired) electrons. The lowest BCUT2D eigenvalue weighted by Gasteiger charge is -2.40. The van der Waals surface area contributed by atoms with Crippen LogP contribution in [0.1, 0.15) is 46.5 Å². The molecule has 0 bridgehead atoms. The van der Waals surface area contributed by atoms with Crippen LogP contribution in [0.2, 0.25) is 0 Å². The first-order valence-corrected chi connectivity index (χ1v) is 9.55. The lowest BCUT2D eigenvalue weighted by molar-refractivity contribution is -0.0835. The van der Waals surface area contributed by atoms with E-state index in [4.69, 9.17) is 4.74 Å². The Morgan fingerprint density at radius 2 is 1.92 bits per heavy atom. The predicted octanol–water partition coefficient (Wildman–Crippen LogP) is 2.33. The zero-order valence-electron chi connectivity index (χ0n) is 16.6.